The third kappa shape index (κ3) is 3.49. The number of H-pyrrole nitrogens is 1. The summed E-state index contributed by atoms with van der Waals surface area (Å²) in [6.45, 7) is 13.1. The standard InChI is InChI=1S/C18H24Cl2N2/c1-17(2,3)15-12(16(22-21-15)18(4,5)6)10-11-13(19)8-7-9-14(11)20/h7-9H,10H2,1-6H3,(H,21,22). The summed E-state index contributed by atoms with van der Waals surface area (Å²) in [4.78, 5) is 0. The van der Waals surface area contributed by atoms with E-state index in [0.717, 1.165) is 17.0 Å². The molecule has 0 unspecified atom stereocenters. The second-order valence-corrected chi connectivity index (χ2v) is 8.62. The summed E-state index contributed by atoms with van der Waals surface area (Å²) in [6, 6.07) is 5.64. The maximum atomic E-state index is 6.36. The van der Waals surface area contributed by atoms with E-state index in [1.165, 1.54) is 5.56 Å². The number of aromatic amines is 1. The first kappa shape index (κ1) is 17.4. The Morgan fingerprint density at radius 2 is 1.45 bits per heavy atom. The van der Waals surface area contributed by atoms with Crippen LogP contribution in [0.1, 0.15) is 64.1 Å². The van der Waals surface area contributed by atoms with Gasteiger partial charge in [0.1, 0.15) is 0 Å². The highest BCUT2D eigenvalue weighted by atomic mass is 35.5. The minimum atomic E-state index is -0.0386. The fourth-order valence-corrected chi connectivity index (χ4v) is 3.19. The third-order valence-corrected chi connectivity index (χ3v) is 4.45. The average molecular weight is 339 g/mol. The number of aromatic nitrogens is 2. The Hall–Kier alpha value is -0.990. The van der Waals surface area contributed by atoms with Crippen LogP contribution in [0, 0.1) is 0 Å². The summed E-state index contributed by atoms with van der Waals surface area (Å²) < 4.78 is 0. The van der Waals surface area contributed by atoms with Crippen molar-refractivity contribution in [1.82, 2.24) is 10.2 Å². The van der Waals surface area contributed by atoms with Crippen molar-refractivity contribution in [3.63, 3.8) is 0 Å². The minimum Gasteiger partial charge on any atom is -0.281 e. The van der Waals surface area contributed by atoms with E-state index in [1.54, 1.807) is 0 Å². The molecule has 2 nitrogen and oxygen atoms in total. The molecule has 2 rings (SSSR count). The molecular weight excluding hydrogens is 315 g/mol. The second-order valence-electron chi connectivity index (χ2n) is 7.80. The Labute approximate surface area is 143 Å². The molecule has 22 heavy (non-hydrogen) atoms. The van der Waals surface area contributed by atoms with E-state index in [0.29, 0.717) is 16.5 Å². The Balaban J connectivity index is 2.60. The van der Waals surface area contributed by atoms with Crippen LogP contribution < -0.4 is 0 Å². The molecule has 0 aliphatic heterocycles. The molecule has 2 aromatic rings. The number of benzene rings is 1. The number of nitrogens with one attached hydrogen (secondary N) is 1. The van der Waals surface area contributed by atoms with Gasteiger partial charge in [-0.05, 0) is 17.7 Å². The van der Waals surface area contributed by atoms with E-state index < -0.39 is 0 Å². The van der Waals surface area contributed by atoms with E-state index in [1.807, 2.05) is 18.2 Å². The molecule has 0 aliphatic rings. The third-order valence-electron chi connectivity index (χ3n) is 3.74. The molecule has 1 aromatic carbocycles. The lowest BCUT2D eigenvalue weighted by molar-refractivity contribution is 0.559. The predicted molar refractivity (Wildman–Crippen MR) is 95.3 cm³/mol. The van der Waals surface area contributed by atoms with Crippen LogP contribution in [0.2, 0.25) is 10.0 Å². The van der Waals surface area contributed by atoms with Gasteiger partial charge in [0.05, 0.1) is 5.69 Å². The molecule has 0 saturated heterocycles. The van der Waals surface area contributed by atoms with Gasteiger partial charge >= 0.3 is 0 Å². The van der Waals surface area contributed by atoms with Crippen LogP contribution in [0.4, 0.5) is 0 Å². The van der Waals surface area contributed by atoms with Crippen molar-refractivity contribution in [3.05, 3.63) is 50.8 Å². The minimum absolute atomic E-state index is 0.0143. The van der Waals surface area contributed by atoms with Crippen molar-refractivity contribution in [2.24, 2.45) is 0 Å². The SMILES string of the molecule is CC(C)(C)c1n[nH]c(C(C)(C)C)c1Cc1c(Cl)cccc1Cl. The zero-order valence-electron chi connectivity index (χ0n) is 14.1. The Morgan fingerprint density at radius 1 is 0.909 bits per heavy atom. The Kier molecular flexibility index (Phi) is 4.66. The summed E-state index contributed by atoms with van der Waals surface area (Å²) in [5.41, 5.74) is 4.34. The maximum absolute atomic E-state index is 6.36. The highest BCUT2D eigenvalue weighted by molar-refractivity contribution is 6.36. The summed E-state index contributed by atoms with van der Waals surface area (Å²) in [6.07, 6.45) is 0.689. The first-order valence-electron chi connectivity index (χ1n) is 7.53. The van der Waals surface area contributed by atoms with Crippen LogP contribution in [0.3, 0.4) is 0 Å². The first-order valence-corrected chi connectivity index (χ1v) is 8.28. The zero-order chi connectivity index (χ0) is 16.7. The van der Waals surface area contributed by atoms with Gasteiger partial charge in [-0.1, -0.05) is 70.8 Å². The van der Waals surface area contributed by atoms with Crippen LogP contribution >= 0.6 is 23.2 Å². The molecule has 0 spiro atoms. The number of hydrogen-bond donors (Lipinski definition) is 1. The van der Waals surface area contributed by atoms with E-state index in [9.17, 15) is 0 Å². The summed E-state index contributed by atoms with van der Waals surface area (Å²) in [7, 11) is 0. The lowest BCUT2D eigenvalue weighted by Crippen LogP contribution is -2.18. The Morgan fingerprint density at radius 3 is 1.91 bits per heavy atom. The first-order chi connectivity index (χ1) is 10.0. The van der Waals surface area contributed by atoms with E-state index >= 15 is 0 Å². The summed E-state index contributed by atoms with van der Waals surface area (Å²) in [5.74, 6) is 0. The van der Waals surface area contributed by atoms with Crippen LogP contribution in [-0.4, -0.2) is 10.2 Å². The second kappa shape index (κ2) is 5.90. The van der Waals surface area contributed by atoms with E-state index in [2.05, 4.69) is 51.7 Å². The van der Waals surface area contributed by atoms with Gasteiger partial charge in [0.15, 0.2) is 0 Å². The average Bonchev–Trinajstić information content (AvgIpc) is 2.77. The largest absolute Gasteiger partial charge is 0.281 e. The molecule has 0 bridgehead atoms. The smallest absolute Gasteiger partial charge is 0.0713 e. The molecule has 1 aromatic heterocycles. The van der Waals surface area contributed by atoms with Crippen LogP contribution in [0.25, 0.3) is 0 Å². The van der Waals surface area contributed by atoms with E-state index in [4.69, 9.17) is 23.2 Å². The van der Waals surface area contributed by atoms with Crippen molar-refractivity contribution in [2.45, 2.75) is 58.8 Å². The highest BCUT2D eigenvalue weighted by Gasteiger charge is 2.29. The fourth-order valence-electron chi connectivity index (χ4n) is 2.66. The molecule has 0 saturated carbocycles. The van der Waals surface area contributed by atoms with Crippen molar-refractivity contribution in [2.75, 3.05) is 0 Å². The lowest BCUT2D eigenvalue weighted by atomic mass is 9.81. The number of hydrogen-bond acceptors (Lipinski definition) is 1. The monoisotopic (exact) mass is 338 g/mol. The van der Waals surface area contributed by atoms with Crippen molar-refractivity contribution in [1.29, 1.82) is 0 Å². The molecule has 0 amide bonds. The normalized spacial score (nSPS) is 12.7. The Bertz CT molecular complexity index is 622. The summed E-state index contributed by atoms with van der Waals surface area (Å²) >= 11 is 12.7. The molecule has 1 N–H and O–H groups in total. The lowest BCUT2D eigenvalue weighted by Gasteiger charge is -2.23. The van der Waals surface area contributed by atoms with Gasteiger partial charge in [-0.3, -0.25) is 5.10 Å². The van der Waals surface area contributed by atoms with Gasteiger partial charge < -0.3 is 0 Å². The molecule has 0 fully saturated rings. The number of rotatable bonds is 2. The summed E-state index contributed by atoms with van der Waals surface area (Å²) in [5, 5.41) is 9.25. The van der Waals surface area contributed by atoms with Crippen LogP contribution in [0.5, 0.6) is 0 Å². The molecule has 4 heteroatoms. The van der Waals surface area contributed by atoms with Gasteiger partial charge in [-0.2, -0.15) is 5.10 Å². The van der Waals surface area contributed by atoms with Crippen LogP contribution in [0.15, 0.2) is 18.2 Å². The number of halogens is 2. The van der Waals surface area contributed by atoms with Gasteiger partial charge in [0, 0.05) is 38.6 Å². The topological polar surface area (TPSA) is 28.7 Å². The fraction of sp³-hybridized carbons (Fsp3) is 0.500. The molecule has 0 atom stereocenters. The van der Waals surface area contributed by atoms with Crippen molar-refractivity contribution in [3.8, 4) is 0 Å². The zero-order valence-corrected chi connectivity index (χ0v) is 15.7. The number of nitrogens with zero attached hydrogens (tertiary/aromatic N) is 1. The predicted octanol–water partition coefficient (Wildman–Crippen LogP) is 5.90. The van der Waals surface area contributed by atoms with Crippen LogP contribution in [-0.2, 0) is 17.3 Å². The molecular formula is C18H24Cl2N2. The maximum Gasteiger partial charge on any atom is 0.0713 e. The molecule has 1 heterocycles. The van der Waals surface area contributed by atoms with Crippen molar-refractivity contribution >= 4 is 23.2 Å². The quantitative estimate of drug-likeness (QED) is 0.725. The van der Waals surface area contributed by atoms with Crippen molar-refractivity contribution < 1.29 is 0 Å². The van der Waals surface area contributed by atoms with Gasteiger partial charge in [0.2, 0.25) is 0 Å². The highest BCUT2D eigenvalue weighted by Crippen LogP contribution is 2.36. The van der Waals surface area contributed by atoms with Gasteiger partial charge in [-0.25, -0.2) is 0 Å². The molecule has 0 radical (unpaired) electrons. The van der Waals surface area contributed by atoms with E-state index in [-0.39, 0.29) is 10.8 Å². The molecule has 120 valence electrons. The molecule has 0 aliphatic carbocycles. The van der Waals surface area contributed by atoms with Gasteiger partial charge in [0.25, 0.3) is 0 Å². The van der Waals surface area contributed by atoms with Gasteiger partial charge in [-0.15, -0.1) is 0 Å².